The van der Waals surface area contributed by atoms with Crippen LogP contribution in [0, 0.1) is 11.3 Å². The highest BCUT2D eigenvalue weighted by Crippen LogP contribution is 1.86. The summed E-state index contributed by atoms with van der Waals surface area (Å²) < 4.78 is 0. The Labute approximate surface area is 62.5 Å². The molecule has 0 saturated carbocycles. The predicted octanol–water partition coefficient (Wildman–Crippen LogP) is -1.45. The van der Waals surface area contributed by atoms with Crippen molar-refractivity contribution in [1.82, 2.24) is 5.32 Å². The molecule has 0 aromatic carbocycles. The van der Waals surface area contributed by atoms with Gasteiger partial charge in [0.15, 0.2) is 0 Å². The summed E-state index contributed by atoms with van der Waals surface area (Å²) >= 11 is 0. The van der Waals surface area contributed by atoms with E-state index < -0.39 is 11.9 Å². The number of hydrogen-bond acceptors (Lipinski definition) is 4. The Balaban J connectivity index is 4.28. The van der Waals surface area contributed by atoms with Crippen molar-refractivity contribution >= 4 is 11.9 Å². The molecule has 0 aliphatic heterocycles. The first kappa shape index (κ1) is 8.97. The predicted molar refractivity (Wildman–Crippen MR) is 35.6 cm³/mol. The molecule has 0 aromatic rings. The zero-order chi connectivity index (χ0) is 8.85. The SMILES string of the molecule is N#C/C(=C/N)C(=O)NC(N)=O. The van der Waals surface area contributed by atoms with E-state index in [1.807, 2.05) is 0 Å². The lowest BCUT2D eigenvalue weighted by molar-refractivity contribution is -0.116. The molecule has 0 saturated heterocycles. The molecule has 3 amide bonds. The molecule has 0 spiro atoms. The Morgan fingerprint density at radius 2 is 2.09 bits per heavy atom. The molecule has 6 nitrogen and oxygen atoms in total. The molecule has 0 radical (unpaired) electrons. The average molecular weight is 154 g/mol. The summed E-state index contributed by atoms with van der Waals surface area (Å²) in [6, 6.07) is 0.450. The lowest BCUT2D eigenvalue weighted by Crippen LogP contribution is -2.35. The van der Waals surface area contributed by atoms with E-state index in [0.29, 0.717) is 0 Å². The fraction of sp³-hybridized carbons (Fsp3) is 0. The van der Waals surface area contributed by atoms with E-state index in [4.69, 9.17) is 11.0 Å². The Bertz CT molecular complexity index is 250. The molecule has 0 unspecified atom stereocenters. The highest BCUT2D eigenvalue weighted by Gasteiger charge is 2.08. The van der Waals surface area contributed by atoms with Crippen LogP contribution in [-0.2, 0) is 4.79 Å². The molecule has 0 aliphatic rings. The van der Waals surface area contributed by atoms with Crippen LogP contribution in [-0.4, -0.2) is 11.9 Å². The van der Waals surface area contributed by atoms with Gasteiger partial charge in [0.1, 0.15) is 11.6 Å². The van der Waals surface area contributed by atoms with Crippen LogP contribution in [0.15, 0.2) is 11.8 Å². The standard InChI is InChI=1S/C5H6N4O2/c6-1-3(2-7)4(10)9-5(8)11/h1H,6H2,(H3,8,9,10,11)/b3-1-. The number of hydrogen-bond donors (Lipinski definition) is 3. The normalized spacial score (nSPS) is 9.91. The molecule has 0 aromatic heterocycles. The van der Waals surface area contributed by atoms with Crippen molar-refractivity contribution in [2.45, 2.75) is 0 Å². The van der Waals surface area contributed by atoms with Crippen molar-refractivity contribution in [3.8, 4) is 6.07 Å². The topological polar surface area (TPSA) is 122 Å². The quantitative estimate of drug-likeness (QED) is 0.315. The number of nitrogens with one attached hydrogen (secondary N) is 1. The van der Waals surface area contributed by atoms with E-state index in [1.165, 1.54) is 6.07 Å². The van der Waals surface area contributed by atoms with Crippen LogP contribution in [0.3, 0.4) is 0 Å². The Kier molecular flexibility index (Phi) is 3.18. The summed E-state index contributed by atoms with van der Waals surface area (Å²) in [5, 5.41) is 9.87. The lowest BCUT2D eigenvalue weighted by Gasteiger charge is -1.95. The average Bonchev–Trinajstić information content (AvgIpc) is 1.88. The van der Waals surface area contributed by atoms with Crippen molar-refractivity contribution in [3.63, 3.8) is 0 Å². The fourth-order valence-corrected chi connectivity index (χ4v) is 0.343. The second kappa shape index (κ2) is 3.90. The third kappa shape index (κ3) is 2.86. The first-order valence-corrected chi connectivity index (χ1v) is 2.54. The van der Waals surface area contributed by atoms with Crippen LogP contribution in [0.25, 0.3) is 0 Å². The van der Waals surface area contributed by atoms with Gasteiger partial charge in [-0.2, -0.15) is 5.26 Å². The second-order valence-corrected chi connectivity index (χ2v) is 1.51. The molecule has 0 bridgehead atoms. The molecule has 0 heterocycles. The minimum atomic E-state index is -1.02. The zero-order valence-electron chi connectivity index (χ0n) is 5.50. The maximum absolute atomic E-state index is 10.6. The number of nitriles is 1. The number of rotatable bonds is 1. The van der Waals surface area contributed by atoms with Gasteiger partial charge in [0.05, 0.1) is 0 Å². The fourth-order valence-electron chi connectivity index (χ4n) is 0.343. The summed E-state index contributed by atoms with van der Waals surface area (Å²) in [6.07, 6.45) is 0.790. The van der Waals surface area contributed by atoms with Gasteiger partial charge in [-0.1, -0.05) is 0 Å². The van der Waals surface area contributed by atoms with Gasteiger partial charge in [-0.15, -0.1) is 0 Å². The molecule has 11 heavy (non-hydrogen) atoms. The Morgan fingerprint density at radius 1 is 1.55 bits per heavy atom. The monoisotopic (exact) mass is 154 g/mol. The van der Waals surface area contributed by atoms with E-state index in [0.717, 1.165) is 6.20 Å². The number of carbonyl (C=O) groups excluding carboxylic acids is 2. The van der Waals surface area contributed by atoms with E-state index >= 15 is 0 Å². The van der Waals surface area contributed by atoms with Crippen molar-refractivity contribution in [1.29, 1.82) is 5.26 Å². The van der Waals surface area contributed by atoms with Crippen molar-refractivity contribution in [2.75, 3.05) is 0 Å². The number of carbonyl (C=O) groups is 2. The Hall–Kier alpha value is -2.03. The van der Waals surface area contributed by atoms with Gasteiger partial charge in [0, 0.05) is 6.20 Å². The number of nitrogens with zero attached hydrogens (tertiary/aromatic N) is 1. The van der Waals surface area contributed by atoms with Crippen LogP contribution in [0.1, 0.15) is 0 Å². The molecule has 0 atom stereocenters. The molecule has 0 rings (SSSR count). The highest BCUT2D eigenvalue weighted by atomic mass is 16.2. The molecular formula is C5H6N4O2. The smallest absolute Gasteiger partial charge is 0.319 e. The van der Waals surface area contributed by atoms with Gasteiger partial charge in [0.2, 0.25) is 0 Å². The zero-order valence-corrected chi connectivity index (χ0v) is 5.50. The van der Waals surface area contributed by atoms with Crippen LogP contribution in [0.4, 0.5) is 4.79 Å². The molecule has 58 valence electrons. The van der Waals surface area contributed by atoms with Gasteiger partial charge in [0.25, 0.3) is 5.91 Å². The van der Waals surface area contributed by atoms with Crippen LogP contribution < -0.4 is 16.8 Å². The number of amides is 3. The molecule has 5 N–H and O–H groups in total. The van der Waals surface area contributed by atoms with Gasteiger partial charge in [-0.25, -0.2) is 4.79 Å². The largest absolute Gasteiger partial charge is 0.403 e. The van der Waals surface area contributed by atoms with Crippen molar-refractivity contribution in [2.24, 2.45) is 11.5 Å². The minimum Gasteiger partial charge on any atom is -0.403 e. The maximum Gasteiger partial charge on any atom is 0.319 e. The van der Waals surface area contributed by atoms with Crippen LogP contribution >= 0.6 is 0 Å². The number of primary amides is 1. The van der Waals surface area contributed by atoms with Crippen LogP contribution in [0.5, 0.6) is 0 Å². The van der Waals surface area contributed by atoms with Crippen molar-refractivity contribution < 1.29 is 9.59 Å². The summed E-state index contributed by atoms with van der Waals surface area (Å²) in [5.74, 6) is -0.900. The van der Waals surface area contributed by atoms with Crippen LogP contribution in [0.2, 0.25) is 0 Å². The van der Waals surface area contributed by atoms with Crippen molar-refractivity contribution in [3.05, 3.63) is 11.8 Å². The third-order valence-corrected chi connectivity index (χ3v) is 0.768. The number of urea groups is 1. The van der Waals surface area contributed by atoms with Gasteiger partial charge in [-0.3, -0.25) is 10.1 Å². The van der Waals surface area contributed by atoms with E-state index in [-0.39, 0.29) is 5.57 Å². The number of nitrogens with two attached hydrogens (primary N) is 2. The summed E-state index contributed by atoms with van der Waals surface area (Å²) in [7, 11) is 0. The van der Waals surface area contributed by atoms with Gasteiger partial charge >= 0.3 is 6.03 Å². The first-order chi connectivity index (χ1) is 5.11. The second-order valence-electron chi connectivity index (χ2n) is 1.51. The van der Waals surface area contributed by atoms with E-state index in [1.54, 1.807) is 5.32 Å². The molecular weight excluding hydrogens is 148 g/mol. The molecule has 6 heteroatoms. The molecule has 0 aliphatic carbocycles. The van der Waals surface area contributed by atoms with E-state index in [9.17, 15) is 9.59 Å². The minimum absolute atomic E-state index is 0.358. The maximum atomic E-state index is 10.6. The third-order valence-electron chi connectivity index (χ3n) is 0.768. The van der Waals surface area contributed by atoms with Gasteiger partial charge < -0.3 is 11.5 Å². The highest BCUT2D eigenvalue weighted by molar-refractivity contribution is 6.05. The molecule has 0 fully saturated rings. The van der Waals surface area contributed by atoms with Gasteiger partial charge in [-0.05, 0) is 0 Å². The lowest BCUT2D eigenvalue weighted by atomic mass is 10.3. The summed E-state index contributed by atoms with van der Waals surface area (Å²) in [4.78, 5) is 20.7. The van der Waals surface area contributed by atoms with E-state index in [2.05, 4.69) is 5.73 Å². The summed E-state index contributed by atoms with van der Waals surface area (Å²) in [5.41, 5.74) is 9.10. The Morgan fingerprint density at radius 3 is 2.36 bits per heavy atom. The number of imide groups is 1. The first-order valence-electron chi connectivity index (χ1n) is 2.54. The summed E-state index contributed by atoms with van der Waals surface area (Å²) in [6.45, 7) is 0.